The maximum absolute atomic E-state index is 13.3. The molecule has 118 valence electrons. The standard InChI is InChI=1S/C18H17FN2OS/c1-12-10-13(6-7-14(12)19)16-11-23-18(21-16)8-9-22-17-5-3-2-4-15(17)20/h2-7,10-11H,8-9,20H2,1H3. The fourth-order valence-corrected chi connectivity index (χ4v) is 3.01. The Morgan fingerprint density at radius 1 is 1.22 bits per heavy atom. The molecule has 5 heteroatoms. The van der Waals surface area contributed by atoms with Crippen LogP contribution in [-0.2, 0) is 6.42 Å². The second-order valence-corrected chi connectivity index (χ2v) is 6.17. The van der Waals surface area contributed by atoms with Crippen LogP contribution in [0.5, 0.6) is 5.75 Å². The third kappa shape index (κ3) is 3.68. The second-order valence-electron chi connectivity index (χ2n) is 5.23. The van der Waals surface area contributed by atoms with Gasteiger partial charge in [0.1, 0.15) is 11.6 Å². The van der Waals surface area contributed by atoms with Gasteiger partial charge in [-0.15, -0.1) is 11.3 Å². The summed E-state index contributed by atoms with van der Waals surface area (Å²) in [7, 11) is 0. The number of aryl methyl sites for hydroxylation is 1. The summed E-state index contributed by atoms with van der Waals surface area (Å²) in [6, 6.07) is 12.5. The van der Waals surface area contributed by atoms with E-state index in [0.717, 1.165) is 16.3 Å². The molecular formula is C18H17FN2OS. The van der Waals surface area contributed by atoms with E-state index in [-0.39, 0.29) is 5.82 Å². The van der Waals surface area contributed by atoms with E-state index in [1.807, 2.05) is 35.7 Å². The SMILES string of the molecule is Cc1cc(-c2csc(CCOc3ccccc3N)n2)ccc1F. The maximum atomic E-state index is 13.3. The van der Waals surface area contributed by atoms with Crippen LogP contribution in [-0.4, -0.2) is 11.6 Å². The topological polar surface area (TPSA) is 48.1 Å². The Kier molecular flexibility index (Phi) is 4.57. The molecule has 0 bridgehead atoms. The first-order valence-electron chi connectivity index (χ1n) is 7.32. The Balaban J connectivity index is 1.63. The number of hydrogen-bond acceptors (Lipinski definition) is 4. The first kappa shape index (κ1) is 15.5. The summed E-state index contributed by atoms with van der Waals surface area (Å²) in [5.41, 5.74) is 8.89. The number of nitrogens with two attached hydrogens (primary N) is 1. The minimum absolute atomic E-state index is 0.196. The minimum Gasteiger partial charge on any atom is -0.491 e. The Morgan fingerprint density at radius 2 is 2.04 bits per heavy atom. The summed E-state index contributed by atoms with van der Waals surface area (Å²) in [4.78, 5) is 4.59. The molecule has 0 fully saturated rings. The van der Waals surface area contributed by atoms with Crippen LogP contribution in [0.25, 0.3) is 11.3 Å². The van der Waals surface area contributed by atoms with Gasteiger partial charge < -0.3 is 10.5 Å². The average Bonchev–Trinajstić information content (AvgIpc) is 3.01. The predicted octanol–water partition coefficient (Wildman–Crippen LogP) is 4.46. The van der Waals surface area contributed by atoms with Crippen molar-refractivity contribution in [1.82, 2.24) is 4.98 Å². The van der Waals surface area contributed by atoms with E-state index in [4.69, 9.17) is 10.5 Å². The third-order valence-corrected chi connectivity index (χ3v) is 4.41. The average molecular weight is 328 g/mol. The van der Waals surface area contributed by atoms with Crippen molar-refractivity contribution in [3.63, 3.8) is 0 Å². The summed E-state index contributed by atoms with van der Waals surface area (Å²) < 4.78 is 19.0. The lowest BCUT2D eigenvalue weighted by molar-refractivity contribution is 0.323. The van der Waals surface area contributed by atoms with Crippen LogP contribution in [0.15, 0.2) is 47.8 Å². The van der Waals surface area contributed by atoms with Crippen molar-refractivity contribution < 1.29 is 9.13 Å². The van der Waals surface area contributed by atoms with Crippen molar-refractivity contribution in [2.24, 2.45) is 0 Å². The number of nitrogens with zero attached hydrogens (tertiary/aromatic N) is 1. The van der Waals surface area contributed by atoms with Gasteiger partial charge in [-0.05, 0) is 42.8 Å². The number of hydrogen-bond donors (Lipinski definition) is 1. The number of rotatable bonds is 5. The number of benzene rings is 2. The summed E-state index contributed by atoms with van der Waals surface area (Å²) in [6.07, 6.45) is 0.708. The number of nitrogen functional groups attached to an aromatic ring is 1. The molecule has 3 rings (SSSR count). The third-order valence-electron chi connectivity index (χ3n) is 3.50. The summed E-state index contributed by atoms with van der Waals surface area (Å²) >= 11 is 1.58. The van der Waals surface area contributed by atoms with Crippen molar-refractivity contribution in [3.8, 4) is 17.0 Å². The Morgan fingerprint density at radius 3 is 2.83 bits per heavy atom. The Bertz CT molecular complexity index is 816. The first-order chi connectivity index (χ1) is 11.1. The highest BCUT2D eigenvalue weighted by Gasteiger charge is 2.07. The normalized spacial score (nSPS) is 10.7. The molecule has 23 heavy (non-hydrogen) atoms. The zero-order chi connectivity index (χ0) is 16.2. The van der Waals surface area contributed by atoms with Gasteiger partial charge >= 0.3 is 0 Å². The second kappa shape index (κ2) is 6.79. The number of halogens is 1. The number of aromatic nitrogens is 1. The van der Waals surface area contributed by atoms with Crippen LogP contribution in [0.1, 0.15) is 10.6 Å². The zero-order valence-electron chi connectivity index (χ0n) is 12.8. The molecule has 3 aromatic rings. The fraction of sp³-hybridized carbons (Fsp3) is 0.167. The van der Waals surface area contributed by atoms with Crippen LogP contribution in [0.3, 0.4) is 0 Å². The highest BCUT2D eigenvalue weighted by molar-refractivity contribution is 7.09. The molecule has 1 aromatic heterocycles. The summed E-state index contributed by atoms with van der Waals surface area (Å²) in [5, 5.41) is 2.97. The van der Waals surface area contributed by atoms with E-state index in [2.05, 4.69) is 4.98 Å². The van der Waals surface area contributed by atoms with E-state index >= 15 is 0 Å². The van der Waals surface area contributed by atoms with Crippen LogP contribution in [0.2, 0.25) is 0 Å². The summed E-state index contributed by atoms with van der Waals surface area (Å²) in [5.74, 6) is 0.497. The molecule has 0 atom stereocenters. The monoisotopic (exact) mass is 328 g/mol. The first-order valence-corrected chi connectivity index (χ1v) is 8.19. The van der Waals surface area contributed by atoms with Crippen molar-refractivity contribution >= 4 is 17.0 Å². The lowest BCUT2D eigenvalue weighted by Crippen LogP contribution is -2.03. The molecule has 0 aliphatic rings. The smallest absolute Gasteiger partial charge is 0.142 e. The number of para-hydroxylation sites is 2. The van der Waals surface area contributed by atoms with Gasteiger partial charge in [-0.2, -0.15) is 0 Å². The van der Waals surface area contributed by atoms with Gasteiger partial charge in [-0.25, -0.2) is 9.37 Å². The Labute approximate surface area is 138 Å². The van der Waals surface area contributed by atoms with E-state index < -0.39 is 0 Å². The van der Waals surface area contributed by atoms with Gasteiger partial charge in [0.2, 0.25) is 0 Å². The molecule has 0 unspecified atom stereocenters. The van der Waals surface area contributed by atoms with Crippen molar-refractivity contribution in [2.45, 2.75) is 13.3 Å². The van der Waals surface area contributed by atoms with Crippen LogP contribution < -0.4 is 10.5 Å². The lowest BCUT2D eigenvalue weighted by atomic mass is 10.1. The highest BCUT2D eigenvalue weighted by atomic mass is 32.1. The van der Waals surface area contributed by atoms with Gasteiger partial charge in [0.15, 0.2) is 0 Å². The Hall–Kier alpha value is -2.40. The van der Waals surface area contributed by atoms with E-state index in [1.54, 1.807) is 24.3 Å². The van der Waals surface area contributed by atoms with Crippen molar-refractivity contribution in [3.05, 3.63) is 64.2 Å². The van der Waals surface area contributed by atoms with Crippen molar-refractivity contribution in [2.75, 3.05) is 12.3 Å². The van der Waals surface area contributed by atoms with Crippen LogP contribution in [0, 0.1) is 12.7 Å². The minimum atomic E-state index is -0.196. The number of ether oxygens (including phenoxy) is 1. The molecule has 2 aromatic carbocycles. The maximum Gasteiger partial charge on any atom is 0.142 e. The van der Waals surface area contributed by atoms with Gasteiger partial charge in [0, 0.05) is 17.4 Å². The molecule has 0 saturated carbocycles. The van der Waals surface area contributed by atoms with E-state index in [0.29, 0.717) is 30.0 Å². The molecule has 0 spiro atoms. The predicted molar refractivity (Wildman–Crippen MR) is 92.3 cm³/mol. The van der Waals surface area contributed by atoms with Gasteiger partial charge in [-0.1, -0.05) is 12.1 Å². The molecular weight excluding hydrogens is 311 g/mol. The molecule has 0 amide bonds. The quantitative estimate of drug-likeness (QED) is 0.703. The van der Waals surface area contributed by atoms with Gasteiger partial charge in [0.05, 0.1) is 23.0 Å². The number of thiazole rings is 1. The lowest BCUT2D eigenvalue weighted by Gasteiger charge is -2.07. The van der Waals surface area contributed by atoms with E-state index in [1.165, 1.54) is 6.07 Å². The van der Waals surface area contributed by atoms with Gasteiger partial charge in [0.25, 0.3) is 0 Å². The molecule has 3 nitrogen and oxygen atoms in total. The largest absolute Gasteiger partial charge is 0.491 e. The molecule has 0 saturated heterocycles. The molecule has 1 heterocycles. The fourth-order valence-electron chi connectivity index (χ4n) is 2.22. The van der Waals surface area contributed by atoms with E-state index in [9.17, 15) is 4.39 Å². The molecule has 0 aliphatic heterocycles. The molecule has 0 radical (unpaired) electrons. The number of anilines is 1. The molecule has 0 aliphatic carbocycles. The van der Waals surface area contributed by atoms with Crippen LogP contribution >= 0.6 is 11.3 Å². The van der Waals surface area contributed by atoms with Gasteiger partial charge in [-0.3, -0.25) is 0 Å². The molecule has 2 N–H and O–H groups in total. The highest BCUT2D eigenvalue weighted by Crippen LogP contribution is 2.25. The van der Waals surface area contributed by atoms with Crippen LogP contribution in [0.4, 0.5) is 10.1 Å². The summed E-state index contributed by atoms with van der Waals surface area (Å²) in [6.45, 7) is 2.27. The van der Waals surface area contributed by atoms with Crippen molar-refractivity contribution in [1.29, 1.82) is 0 Å². The zero-order valence-corrected chi connectivity index (χ0v) is 13.6.